The summed E-state index contributed by atoms with van der Waals surface area (Å²) in [7, 11) is 0. The second-order valence-electron chi connectivity index (χ2n) is 7.21. The van der Waals surface area contributed by atoms with Crippen LogP contribution >= 0.6 is 0 Å². The number of hydrogen-bond acceptors (Lipinski definition) is 2. The summed E-state index contributed by atoms with van der Waals surface area (Å²) in [5.41, 5.74) is 5.59. The first kappa shape index (κ1) is 17.3. The lowest BCUT2D eigenvalue weighted by molar-refractivity contribution is 0.0959. The van der Waals surface area contributed by atoms with Gasteiger partial charge in [0.1, 0.15) is 0 Å². The number of nitrogens with zero attached hydrogens (tertiary/aromatic N) is 1. The van der Waals surface area contributed by atoms with Crippen LogP contribution in [0.1, 0.15) is 43.4 Å². The normalized spacial score (nSPS) is 15.2. The van der Waals surface area contributed by atoms with Crippen molar-refractivity contribution in [3.05, 3.63) is 107 Å². The SMILES string of the molecule is Cc1ccccc1C1NC(=O)c2cccc(NC(=O)c3ccn4ccccc34)c21. The molecule has 2 amide bonds. The Bertz CT molecular complexity index is 1270. The van der Waals surface area contributed by atoms with Gasteiger partial charge in [0.2, 0.25) is 0 Å². The number of nitrogens with one attached hydrogen (secondary N) is 2. The van der Waals surface area contributed by atoms with Gasteiger partial charge in [-0.05, 0) is 48.4 Å². The summed E-state index contributed by atoms with van der Waals surface area (Å²) in [4.78, 5) is 25.6. The van der Waals surface area contributed by atoms with Crippen molar-refractivity contribution < 1.29 is 9.59 Å². The molecule has 0 aliphatic carbocycles. The number of fused-ring (bicyclic) bond motifs is 2. The highest BCUT2D eigenvalue weighted by molar-refractivity contribution is 6.11. The minimum absolute atomic E-state index is 0.126. The van der Waals surface area contributed by atoms with E-state index in [-0.39, 0.29) is 17.9 Å². The minimum Gasteiger partial charge on any atom is -0.341 e. The van der Waals surface area contributed by atoms with Gasteiger partial charge in [-0.3, -0.25) is 9.59 Å². The first-order valence-corrected chi connectivity index (χ1v) is 9.50. The van der Waals surface area contributed by atoms with Gasteiger partial charge in [-0.15, -0.1) is 0 Å². The standard InChI is InChI=1S/C24H19N3O2/c1-15-7-2-3-8-16(15)22-21-18(24(29)26-22)9-6-10-19(21)25-23(28)17-12-14-27-13-5-4-11-20(17)27/h2-14,22H,1H3,(H,25,28)(H,26,29). The van der Waals surface area contributed by atoms with E-state index in [4.69, 9.17) is 0 Å². The molecule has 4 aromatic rings. The van der Waals surface area contributed by atoms with Crippen LogP contribution in [0.2, 0.25) is 0 Å². The second-order valence-corrected chi connectivity index (χ2v) is 7.21. The Morgan fingerprint density at radius 3 is 2.66 bits per heavy atom. The van der Waals surface area contributed by atoms with Crippen molar-refractivity contribution in [3.63, 3.8) is 0 Å². The molecule has 0 radical (unpaired) electrons. The largest absolute Gasteiger partial charge is 0.341 e. The number of carbonyl (C=O) groups excluding carboxylic acids is 2. The molecule has 0 saturated carbocycles. The van der Waals surface area contributed by atoms with Crippen LogP contribution in [-0.2, 0) is 0 Å². The van der Waals surface area contributed by atoms with Crippen molar-refractivity contribution in [1.29, 1.82) is 0 Å². The average molecular weight is 381 g/mol. The lowest BCUT2D eigenvalue weighted by atomic mass is 9.93. The predicted molar refractivity (Wildman–Crippen MR) is 112 cm³/mol. The molecule has 3 heterocycles. The van der Waals surface area contributed by atoms with Gasteiger partial charge in [-0.25, -0.2) is 0 Å². The summed E-state index contributed by atoms with van der Waals surface area (Å²) in [6.45, 7) is 2.02. The quantitative estimate of drug-likeness (QED) is 0.555. The van der Waals surface area contributed by atoms with Crippen molar-refractivity contribution >= 4 is 23.0 Å². The molecule has 0 bridgehead atoms. The molecule has 1 aliphatic rings. The van der Waals surface area contributed by atoms with E-state index in [9.17, 15) is 9.59 Å². The highest BCUT2D eigenvalue weighted by Crippen LogP contribution is 2.37. The number of anilines is 1. The van der Waals surface area contributed by atoms with Crippen molar-refractivity contribution in [1.82, 2.24) is 9.72 Å². The topological polar surface area (TPSA) is 62.6 Å². The van der Waals surface area contributed by atoms with Crippen molar-refractivity contribution in [2.24, 2.45) is 0 Å². The van der Waals surface area contributed by atoms with Gasteiger partial charge in [-0.1, -0.05) is 36.4 Å². The maximum absolute atomic E-state index is 13.1. The van der Waals surface area contributed by atoms with E-state index in [1.165, 1.54) is 0 Å². The van der Waals surface area contributed by atoms with E-state index in [1.807, 2.05) is 72.2 Å². The van der Waals surface area contributed by atoms with Crippen LogP contribution in [0.4, 0.5) is 5.69 Å². The summed E-state index contributed by atoms with van der Waals surface area (Å²) in [6, 6.07) is 20.7. The Morgan fingerprint density at radius 1 is 0.966 bits per heavy atom. The molecule has 2 N–H and O–H groups in total. The molecule has 2 aromatic carbocycles. The molecule has 0 spiro atoms. The molecule has 5 heteroatoms. The van der Waals surface area contributed by atoms with Crippen LogP contribution in [0.5, 0.6) is 0 Å². The van der Waals surface area contributed by atoms with Gasteiger partial charge >= 0.3 is 0 Å². The first-order valence-electron chi connectivity index (χ1n) is 9.50. The van der Waals surface area contributed by atoms with Crippen LogP contribution in [-0.4, -0.2) is 16.2 Å². The number of aromatic nitrogens is 1. The maximum atomic E-state index is 13.1. The number of hydrogen-bond donors (Lipinski definition) is 2. The number of amides is 2. The third kappa shape index (κ3) is 2.79. The first-order chi connectivity index (χ1) is 14.1. The fourth-order valence-corrected chi connectivity index (χ4v) is 4.04. The molecule has 2 aromatic heterocycles. The van der Waals surface area contributed by atoms with Crippen LogP contribution < -0.4 is 10.6 Å². The van der Waals surface area contributed by atoms with Gasteiger partial charge in [0.05, 0.1) is 17.1 Å². The molecule has 1 atom stereocenters. The fraction of sp³-hybridized carbons (Fsp3) is 0.0833. The Morgan fingerprint density at radius 2 is 1.79 bits per heavy atom. The van der Waals surface area contributed by atoms with Crippen LogP contribution in [0.15, 0.2) is 79.1 Å². The molecule has 5 rings (SSSR count). The Kier molecular flexibility index (Phi) is 3.95. The van der Waals surface area contributed by atoms with Gasteiger partial charge in [0.15, 0.2) is 0 Å². The Hall–Kier alpha value is -3.86. The molecule has 0 saturated heterocycles. The number of aryl methyl sites for hydroxylation is 1. The molecular formula is C24H19N3O2. The summed E-state index contributed by atoms with van der Waals surface area (Å²) < 4.78 is 1.91. The molecule has 1 aliphatic heterocycles. The molecule has 5 nitrogen and oxygen atoms in total. The third-order valence-electron chi connectivity index (χ3n) is 5.47. The fourth-order valence-electron chi connectivity index (χ4n) is 4.04. The van der Waals surface area contributed by atoms with Crippen LogP contribution in [0.3, 0.4) is 0 Å². The summed E-state index contributed by atoms with van der Waals surface area (Å²) in [5, 5.41) is 6.09. The monoisotopic (exact) mass is 381 g/mol. The van der Waals surface area contributed by atoms with E-state index in [1.54, 1.807) is 18.2 Å². The van der Waals surface area contributed by atoms with Crippen LogP contribution in [0.25, 0.3) is 5.52 Å². The van der Waals surface area contributed by atoms with E-state index < -0.39 is 0 Å². The Labute approximate surface area is 168 Å². The van der Waals surface area contributed by atoms with E-state index in [0.717, 1.165) is 22.2 Å². The molecule has 0 fully saturated rings. The Balaban J connectivity index is 1.57. The zero-order valence-corrected chi connectivity index (χ0v) is 15.8. The van der Waals surface area contributed by atoms with E-state index >= 15 is 0 Å². The van der Waals surface area contributed by atoms with Crippen molar-refractivity contribution in [2.45, 2.75) is 13.0 Å². The molecule has 29 heavy (non-hydrogen) atoms. The lowest BCUT2D eigenvalue weighted by Gasteiger charge is -2.18. The van der Waals surface area contributed by atoms with Gasteiger partial charge in [-0.2, -0.15) is 0 Å². The van der Waals surface area contributed by atoms with Gasteiger partial charge < -0.3 is 15.0 Å². The summed E-state index contributed by atoms with van der Waals surface area (Å²) in [6.07, 6.45) is 3.77. The van der Waals surface area contributed by atoms with Crippen molar-refractivity contribution in [3.8, 4) is 0 Å². The van der Waals surface area contributed by atoms with Crippen LogP contribution in [0, 0.1) is 6.92 Å². The third-order valence-corrected chi connectivity index (χ3v) is 5.47. The molecule has 1 unspecified atom stereocenters. The van der Waals surface area contributed by atoms with Gasteiger partial charge in [0, 0.05) is 29.2 Å². The van der Waals surface area contributed by atoms with E-state index in [0.29, 0.717) is 16.8 Å². The highest BCUT2D eigenvalue weighted by Gasteiger charge is 2.33. The highest BCUT2D eigenvalue weighted by atomic mass is 16.2. The smallest absolute Gasteiger partial charge is 0.257 e. The second kappa shape index (κ2) is 6.63. The number of pyridine rings is 1. The molecule has 142 valence electrons. The van der Waals surface area contributed by atoms with E-state index in [2.05, 4.69) is 10.6 Å². The number of benzene rings is 2. The summed E-state index contributed by atoms with van der Waals surface area (Å²) in [5.74, 6) is -0.325. The minimum atomic E-state index is -0.291. The zero-order valence-electron chi connectivity index (χ0n) is 15.8. The van der Waals surface area contributed by atoms with Gasteiger partial charge in [0.25, 0.3) is 11.8 Å². The number of carbonyl (C=O) groups is 2. The predicted octanol–water partition coefficient (Wildman–Crippen LogP) is 4.33. The number of rotatable bonds is 3. The maximum Gasteiger partial charge on any atom is 0.257 e. The lowest BCUT2D eigenvalue weighted by Crippen LogP contribution is -2.21. The summed E-state index contributed by atoms with van der Waals surface area (Å²) >= 11 is 0. The zero-order chi connectivity index (χ0) is 20.0. The molecular weight excluding hydrogens is 362 g/mol. The van der Waals surface area contributed by atoms with Crippen molar-refractivity contribution in [2.75, 3.05) is 5.32 Å². The average Bonchev–Trinajstić information content (AvgIpc) is 3.31.